The topological polar surface area (TPSA) is 93.7 Å². The molecule has 9 heteroatoms. The maximum absolute atomic E-state index is 6.02. The van der Waals surface area contributed by atoms with Crippen molar-refractivity contribution in [3.05, 3.63) is 60.8 Å². The zero-order valence-corrected chi connectivity index (χ0v) is 21.9. The van der Waals surface area contributed by atoms with E-state index >= 15 is 0 Å². The van der Waals surface area contributed by atoms with Gasteiger partial charge in [-0.15, -0.1) is 0 Å². The number of pyridine rings is 1. The molecule has 0 radical (unpaired) electrons. The number of hydrogen-bond acceptors (Lipinski definition) is 9. The van der Waals surface area contributed by atoms with E-state index in [9.17, 15) is 0 Å². The summed E-state index contributed by atoms with van der Waals surface area (Å²) in [6, 6.07) is 17.4. The van der Waals surface area contributed by atoms with Crippen LogP contribution in [-0.2, 0) is 0 Å². The molecule has 2 aromatic carbocycles. The van der Waals surface area contributed by atoms with Gasteiger partial charge in [-0.1, -0.05) is 24.6 Å². The molecule has 1 saturated heterocycles. The minimum atomic E-state index is 0.444. The van der Waals surface area contributed by atoms with E-state index in [0.717, 1.165) is 41.0 Å². The Hall–Kier alpha value is -4.11. The van der Waals surface area contributed by atoms with Gasteiger partial charge in [-0.25, -0.2) is 9.97 Å². The van der Waals surface area contributed by atoms with Crippen LogP contribution < -0.4 is 24.8 Å². The molecule has 1 fully saturated rings. The third-order valence-electron chi connectivity index (χ3n) is 6.55. The van der Waals surface area contributed by atoms with Gasteiger partial charge < -0.3 is 29.7 Å². The van der Waals surface area contributed by atoms with Crippen LogP contribution in [0.25, 0.3) is 10.9 Å². The van der Waals surface area contributed by atoms with Gasteiger partial charge in [-0.3, -0.25) is 0 Å². The molecule has 0 saturated carbocycles. The highest BCUT2D eigenvalue weighted by atomic mass is 16.5. The third-order valence-corrected chi connectivity index (χ3v) is 6.55. The fourth-order valence-electron chi connectivity index (χ4n) is 4.62. The van der Waals surface area contributed by atoms with Crippen molar-refractivity contribution in [1.82, 2.24) is 19.9 Å². The summed E-state index contributed by atoms with van der Waals surface area (Å²) >= 11 is 0. The Morgan fingerprint density at radius 1 is 0.868 bits per heavy atom. The number of para-hydroxylation sites is 1. The van der Waals surface area contributed by atoms with Crippen LogP contribution in [-0.4, -0.2) is 60.3 Å². The Morgan fingerprint density at radius 3 is 2.58 bits per heavy atom. The lowest BCUT2D eigenvalue weighted by molar-refractivity contribution is 0.203. The zero-order chi connectivity index (χ0) is 26.2. The first-order valence-corrected chi connectivity index (χ1v) is 13.1. The van der Waals surface area contributed by atoms with Gasteiger partial charge in [0.15, 0.2) is 11.5 Å². The molecule has 0 unspecified atom stereocenters. The fourth-order valence-corrected chi connectivity index (χ4v) is 4.62. The van der Waals surface area contributed by atoms with Crippen LogP contribution in [0.15, 0.2) is 60.8 Å². The second kappa shape index (κ2) is 12.4. The first-order chi connectivity index (χ1) is 18.7. The summed E-state index contributed by atoms with van der Waals surface area (Å²) in [7, 11) is 3.25. The minimum absolute atomic E-state index is 0.444. The first-order valence-electron chi connectivity index (χ1n) is 13.1. The summed E-state index contributed by atoms with van der Waals surface area (Å²) in [6.45, 7) is 4.14. The van der Waals surface area contributed by atoms with E-state index in [0.29, 0.717) is 30.0 Å². The maximum Gasteiger partial charge on any atom is 0.238 e. The smallest absolute Gasteiger partial charge is 0.238 e. The van der Waals surface area contributed by atoms with Crippen LogP contribution in [0.3, 0.4) is 0 Å². The standard InChI is InChI=1S/C29H34N6O3/c1-36-26-20-22(11-12-25(26)38-18-8-17-35-15-6-3-7-16-35)31-29-30-14-13-27(34-29)32-24-19-21-9-4-5-10-23(21)33-28(24)37-2/h4-5,9-14,19-20H,3,6-8,15-18H2,1-2H3,(H2,30,31,32,34). The van der Waals surface area contributed by atoms with E-state index in [1.807, 2.05) is 48.5 Å². The van der Waals surface area contributed by atoms with Gasteiger partial charge in [0.1, 0.15) is 11.5 Å². The molecule has 0 amide bonds. The Morgan fingerprint density at radius 2 is 1.74 bits per heavy atom. The molecule has 0 bridgehead atoms. The van der Waals surface area contributed by atoms with E-state index < -0.39 is 0 Å². The first kappa shape index (κ1) is 25.5. The number of likely N-dealkylation sites (tertiary alicyclic amines) is 1. The predicted octanol–water partition coefficient (Wildman–Crippen LogP) is 5.78. The highest BCUT2D eigenvalue weighted by Gasteiger charge is 2.12. The van der Waals surface area contributed by atoms with Crippen molar-refractivity contribution >= 4 is 34.0 Å². The number of rotatable bonds is 11. The lowest BCUT2D eigenvalue weighted by Crippen LogP contribution is -2.31. The number of methoxy groups -OCH3 is 2. The van der Waals surface area contributed by atoms with Gasteiger partial charge in [-0.05, 0) is 62.7 Å². The molecule has 1 aliphatic heterocycles. The molecule has 198 valence electrons. The zero-order valence-electron chi connectivity index (χ0n) is 21.9. The van der Waals surface area contributed by atoms with Crippen LogP contribution in [0, 0.1) is 0 Å². The average Bonchev–Trinajstić information content (AvgIpc) is 2.96. The number of anilines is 4. The second-order valence-corrected chi connectivity index (χ2v) is 9.22. The molecule has 0 aliphatic carbocycles. The average molecular weight is 515 g/mol. The number of benzene rings is 2. The summed E-state index contributed by atoms with van der Waals surface area (Å²) < 4.78 is 17.1. The Balaban J connectivity index is 1.22. The number of aromatic nitrogens is 3. The number of piperidine rings is 1. The van der Waals surface area contributed by atoms with Crippen molar-refractivity contribution in [3.8, 4) is 17.4 Å². The molecule has 2 N–H and O–H groups in total. The molecule has 9 nitrogen and oxygen atoms in total. The fraction of sp³-hybridized carbons (Fsp3) is 0.345. The van der Waals surface area contributed by atoms with Crippen molar-refractivity contribution < 1.29 is 14.2 Å². The van der Waals surface area contributed by atoms with Gasteiger partial charge in [0, 0.05) is 29.9 Å². The highest BCUT2D eigenvalue weighted by molar-refractivity contribution is 5.84. The summed E-state index contributed by atoms with van der Waals surface area (Å²) in [5.74, 6) is 2.93. The lowest BCUT2D eigenvalue weighted by Gasteiger charge is -2.26. The molecule has 38 heavy (non-hydrogen) atoms. The van der Waals surface area contributed by atoms with Crippen LogP contribution >= 0.6 is 0 Å². The van der Waals surface area contributed by atoms with Crippen molar-refractivity contribution in [2.45, 2.75) is 25.7 Å². The van der Waals surface area contributed by atoms with Gasteiger partial charge in [-0.2, -0.15) is 4.98 Å². The maximum atomic E-state index is 6.02. The normalized spacial score (nSPS) is 13.7. The van der Waals surface area contributed by atoms with E-state index in [1.165, 1.54) is 32.4 Å². The van der Waals surface area contributed by atoms with Crippen LogP contribution in [0.4, 0.5) is 23.1 Å². The summed E-state index contributed by atoms with van der Waals surface area (Å²) in [4.78, 5) is 16.1. The minimum Gasteiger partial charge on any atom is -0.493 e. The molecule has 5 rings (SSSR count). The van der Waals surface area contributed by atoms with Crippen molar-refractivity contribution in [2.24, 2.45) is 0 Å². The third kappa shape index (κ3) is 6.41. The van der Waals surface area contributed by atoms with E-state index in [-0.39, 0.29) is 0 Å². The molecular weight excluding hydrogens is 480 g/mol. The Kier molecular flexibility index (Phi) is 8.35. The number of fused-ring (bicyclic) bond motifs is 1. The summed E-state index contributed by atoms with van der Waals surface area (Å²) in [5.41, 5.74) is 2.38. The van der Waals surface area contributed by atoms with Crippen LogP contribution in [0.2, 0.25) is 0 Å². The van der Waals surface area contributed by atoms with Crippen molar-refractivity contribution in [1.29, 1.82) is 0 Å². The Labute approximate surface area is 223 Å². The Bertz CT molecular complexity index is 1360. The molecular formula is C29H34N6O3. The van der Waals surface area contributed by atoms with Crippen LogP contribution in [0.1, 0.15) is 25.7 Å². The van der Waals surface area contributed by atoms with E-state index in [2.05, 4.69) is 30.5 Å². The SMILES string of the molecule is COc1cc(Nc2nccc(Nc3cc4ccccc4nc3OC)n2)ccc1OCCCN1CCCCC1. The number of ether oxygens (including phenoxy) is 3. The molecule has 1 aliphatic rings. The van der Waals surface area contributed by atoms with Crippen molar-refractivity contribution in [2.75, 3.05) is 51.1 Å². The second-order valence-electron chi connectivity index (χ2n) is 9.22. The molecule has 2 aromatic heterocycles. The number of hydrogen-bond donors (Lipinski definition) is 2. The highest BCUT2D eigenvalue weighted by Crippen LogP contribution is 2.32. The van der Waals surface area contributed by atoms with Crippen LogP contribution in [0.5, 0.6) is 17.4 Å². The monoisotopic (exact) mass is 514 g/mol. The molecule has 4 aromatic rings. The van der Waals surface area contributed by atoms with Gasteiger partial charge in [0.2, 0.25) is 11.8 Å². The predicted molar refractivity (Wildman–Crippen MR) is 150 cm³/mol. The number of nitrogens with zero attached hydrogens (tertiary/aromatic N) is 4. The number of nitrogens with one attached hydrogen (secondary N) is 2. The van der Waals surface area contributed by atoms with Gasteiger partial charge in [0.25, 0.3) is 0 Å². The quantitative estimate of drug-likeness (QED) is 0.241. The van der Waals surface area contributed by atoms with Crippen molar-refractivity contribution in [3.63, 3.8) is 0 Å². The lowest BCUT2D eigenvalue weighted by atomic mass is 10.1. The van der Waals surface area contributed by atoms with E-state index in [4.69, 9.17) is 14.2 Å². The molecule has 3 heterocycles. The van der Waals surface area contributed by atoms with E-state index in [1.54, 1.807) is 26.5 Å². The molecule has 0 spiro atoms. The summed E-state index contributed by atoms with van der Waals surface area (Å²) in [5, 5.41) is 7.55. The van der Waals surface area contributed by atoms with Gasteiger partial charge >= 0.3 is 0 Å². The molecule has 0 atom stereocenters. The largest absolute Gasteiger partial charge is 0.493 e. The summed E-state index contributed by atoms with van der Waals surface area (Å²) in [6.07, 6.45) is 6.65. The van der Waals surface area contributed by atoms with Gasteiger partial charge in [0.05, 0.1) is 26.3 Å².